The average Bonchev–Trinajstić information content (AvgIpc) is 2.88. The van der Waals surface area contributed by atoms with Crippen LogP contribution in [0.3, 0.4) is 0 Å². The molecule has 0 saturated heterocycles. The van der Waals surface area contributed by atoms with Crippen molar-refractivity contribution in [3.63, 3.8) is 0 Å². The Balaban J connectivity index is 2.18. The van der Waals surface area contributed by atoms with Gasteiger partial charge in [-0.15, -0.1) is 0 Å². The Morgan fingerprint density at radius 3 is 2.53 bits per heavy atom. The summed E-state index contributed by atoms with van der Waals surface area (Å²) in [7, 11) is 3.59. The van der Waals surface area contributed by atoms with E-state index in [1.165, 1.54) is 12.1 Å². The van der Waals surface area contributed by atoms with Crippen LogP contribution < -0.4 is 5.32 Å². The minimum Gasteiger partial charge on any atom is -0.377 e. The molecule has 1 aromatic rings. The smallest absolute Gasteiger partial charge is 0.129 e. The van der Waals surface area contributed by atoms with Gasteiger partial charge >= 0.3 is 0 Å². The van der Waals surface area contributed by atoms with E-state index in [-0.39, 0.29) is 11.6 Å². The van der Waals surface area contributed by atoms with Crippen molar-refractivity contribution in [2.75, 3.05) is 14.2 Å². The van der Waals surface area contributed by atoms with Gasteiger partial charge in [0.1, 0.15) is 11.6 Å². The number of methoxy groups -OCH3 is 1. The lowest BCUT2D eigenvalue weighted by Crippen LogP contribution is -2.50. The Kier molecular flexibility index (Phi) is 4.53. The summed E-state index contributed by atoms with van der Waals surface area (Å²) in [6, 6.07) is 3.81. The molecule has 2 nitrogen and oxygen atoms in total. The third-order valence-electron chi connectivity index (χ3n) is 4.28. The van der Waals surface area contributed by atoms with Gasteiger partial charge in [-0.2, -0.15) is 0 Å². The van der Waals surface area contributed by atoms with E-state index in [9.17, 15) is 8.78 Å². The quantitative estimate of drug-likeness (QED) is 0.887. The number of halogens is 2. The molecule has 1 atom stereocenters. The number of benzene rings is 1. The molecule has 4 heteroatoms. The van der Waals surface area contributed by atoms with E-state index in [1.807, 2.05) is 7.05 Å². The first-order valence-electron chi connectivity index (χ1n) is 6.77. The minimum atomic E-state index is -0.537. The molecule has 0 spiro atoms. The van der Waals surface area contributed by atoms with Gasteiger partial charge in [-0.3, -0.25) is 0 Å². The van der Waals surface area contributed by atoms with Crippen molar-refractivity contribution >= 4 is 0 Å². The van der Waals surface area contributed by atoms with Crippen LogP contribution in [0, 0.1) is 11.6 Å². The fraction of sp³-hybridized carbons (Fsp3) is 0.600. The predicted octanol–water partition coefficient (Wildman–Crippen LogP) is 3.05. The first-order chi connectivity index (χ1) is 9.11. The highest BCUT2D eigenvalue weighted by molar-refractivity contribution is 5.21. The van der Waals surface area contributed by atoms with Gasteiger partial charge in [0.2, 0.25) is 0 Å². The number of nitrogens with one attached hydrogen (secondary N) is 1. The Bertz CT molecular complexity index is 430. The summed E-state index contributed by atoms with van der Waals surface area (Å²) in [5.41, 5.74) is 0.305. The van der Waals surface area contributed by atoms with E-state index >= 15 is 0 Å². The summed E-state index contributed by atoms with van der Waals surface area (Å²) in [4.78, 5) is 0. The molecular formula is C15H21F2NO. The lowest BCUT2D eigenvalue weighted by molar-refractivity contribution is -0.0338. The molecule has 0 aliphatic heterocycles. The molecule has 0 radical (unpaired) electrons. The normalized spacial score (nSPS) is 19.6. The molecule has 2 rings (SSSR count). The Morgan fingerprint density at radius 1 is 1.32 bits per heavy atom. The summed E-state index contributed by atoms with van der Waals surface area (Å²) in [5.74, 6) is -1.02. The first kappa shape index (κ1) is 14.4. The van der Waals surface area contributed by atoms with Gasteiger partial charge in [-0.25, -0.2) is 8.78 Å². The van der Waals surface area contributed by atoms with Gasteiger partial charge in [-0.1, -0.05) is 18.9 Å². The number of likely N-dealkylation sites (N-methyl/N-ethyl adjacent to an activating group) is 1. The second-order valence-electron chi connectivity index (χ2n) is 5.26. The van der Waals surface area contributed by atoms with Crippen molar-refractivity contribution in [2.24, 2.45) is 0 Å². The molecular weight excluding hydrogens is 248 g/mol. The predicted molar refractivity (Wildman–Crippen MR) is 71.1 cm³/mol. The van der Waals surface area contributed by atoms with Crippen molar-refractivity contribution in [1.29, 1.82) is 0 Å². The van der Waals surface area contributed by atoms with Gasteiger partial charge in [0, 0.05) is 19.2 Å². The molecule has 0 amide bonds. The van der Waals surface area contributed by atoms with Crippen LogP contribution in [-0.2, 0) is 11.2 Å². The topological polar surface area (TPSA) is 21.3 Å². The third kappa shape index (κ3) is 2.95. The van der Waals surface area contributed by atoms with Crippen LogP contribution in [0.5, 0.6) is 0 Å². The molecule has 106 valence electrons. The summed E-state index contributed by atoms with van der Waals surface area (Å²) in [6.45, 7) is 0. The monoisotopic (exact) mass is 269 g/mol. The number of hydrogen-bond donors (Lipinski definition) is 1. The average molecular weight is 269 g/mol. The third-order valence-corrected chi connectivity index (χ3v) is 4.28. The van der Waals surface area contributed by atoms with Crippen molar-refractivity contribution < 1.29 is 13.5 Å². The molecule has 1 aliphatic rings. The highest BCUT2D eigenvalue weighted by Crippen LogP contribution is 2.36. The van der Waals surface area contributed by atoms with Crippen molar-refractivity contribution in [3.05, 3.63) is 35.4 Å². The second-order valence-corrected chi connectivity index (χ2v) is 5.26. The minimum absolute atomic E-state index is 0.0416. The van der Waals surface area contributed by atoms with E-state index in [0.29, 0.717) is 12.0 Å². The SMILES string of the molecule is CNC(Cc1ccc(F)cc1F)C1(OC)CCCC1. The van der Waals surface area contributed by atoms with Crippen LogP contribution in [-0.4, -0.2) is 25.8 Å². The molecule has 1 N–H and O–H groups in total. The molecule has 0 heterocycles. The van der Waals surface area contributed by atoms with Crippen LogP contribution in [0.2, 0.25) is 0 Å². The van der Waals surface area contributed by atoms with E-state index in [0.717, 1.165) is 31.7 Å². The van der Waals surface area contributed by atoms with E-state index < -0.39 is 11.6 Å². The van der Waals surface area contributed by atoms with Crippen LogP contribution in [0.25, 0.3) is 0 Å². The van der Waals surface area contributed by atoms with Gasteiger partial charge in [0.05, 0.1) is 5.60 Å². The second kappa shape index (κ2) is 5.97. The van der Waals surface area contributed by atoms with Crippen molar-refractivity contribution in [1.82, 2.24) is 5.32 Å². The van der Waals surface area contributed by atoms with Crippen LogP contribution >= 0.6 is 0 Å². The maximum Gasteiger partial charge on any atom is 0.129 e. The fourth-order valence-electron chi connectivity index (χ4n) is 3.13. The molecule has 1 aromatic carbocycles. The summed E-state index contributed by atoms with van der Waals surface area (Å²) < 4.78 is 32.4. The summed E-state index contributed by atoms with van der Waals surface area (Å²) >= 11 is 0. The molecule has 0 bridgehead atoms. The maximum atomic E-state index is 13.8. The van der Waals surface area contributed by atoms with E-state index in [4.69, 9.17) is 4.74 Å². The lowest BCUT2D eigenvalue weighted by Gasteiger charge is -2.36. The number of rotatable bonds is 5. The van der Waals surface area contributed by atoms with Crippen LogP contribution in [0.4, 0.5) is 8.78 Å². The molecule has 1 fully saturated rings. The lowest BCUT2D eigenvalue weighted by atomic mass is 9.87. The van der Waals surface area contributed by atoms with Crippen molar-refractivity contribution in [2.45, 2.75) is 43.7 Å². The maximum absolute atomic E-state index is 13.8. The highest BCUT2D eigenvalue weighted by atomic mass is 19.1. The summed E-state index contributed by atoms with van der Waals surface area (Å²) in [5, 5.41) is 3.24. The van der Waals surface area contributed by atoms with Gasteiger partial charge in [0.15, 0.2) is 0 Å². The highest BCUT2D eigenvalue weighted by Gasteiger charge is 2.41. The van der Waals surface area contributed by atoms with E-state index in [1.54, 1.807) is 7.11 Å². The zero-order valence-corrected chi connectivity index (χ0v) is 11.5. The van der Waals surface area contributed by atoms with Gasteiger partial charge in [-0.05, 0) is 37.9 Å². The molecule has 0 aromatic heterocycles. The van der Waals surface area contributed by atoms with Gasteiger partial charge < -0.3 is 10.1 Å². The molecule has 1 aliphatic carbocycles. The van der Waals surface area contributed by atoms with Crippen LogP contribution in [0.15, 0.2) is 18.2 Å². The standard InChI is InChI=1S/C15H21F2NO/c1-18-14(15(19-2)7-3-4-8-15)9-11-5-6-12(16)10-13(11)17/h5-6,10,14,18H,3-4,7-9H2,1-2H3. The number of ether oxygens (including phenoxy) is 1. The summed E-state index contributed by atoms with van der Waals surface area (Å²) in [6.07, 6.45) is 4.75. The molecule has 1 saturated carbocycles. The zero-order chi connectivity index (χ0) is 13.9. The first-order valence-corrected chi connectivity index (χ1v) is 6.77. The molecule has 1 unspecified atom stereocenters. The zero-order valence-electron chi connectivity index (χ0n) is 11.5. The largest absolute Gasteiger partial charge is 0.377 e. The van der Waals surface area contributed by atoms with Crippen molar-refractivity contribution in [3.8, 4) is 0 Å². The Labute approximate surface area is 113 Å². The fourth-order valence-corrected chi connectivity index (χ4v) is 3.13. The van der Waals surface area contributed by atoms with Gasteiger partial charge in [0.25, 0.3) is 0 Å². The Hall–Kier alpha value is -1.00. The van der Waals surface area contributed by atoms with Crippen LogP contribution in [0.1, 0.15) is 31.2 Å². The molecule has 19 heavy (non-hydrogen) atoms. The van der Waals surface area contributed by atoms with E-state index in [2.05, 4.69) is 5.32 Å². The number of hydrogen-bond acceptors (Lipinski definition) is 2. The Morgan fingerprint density at radius 2 is 2.00 bits per heavy atom.